The van der Waals surface area contributed by atoms with Crippen molar-refractivity contribution in [1.82, 2.24) is 4.90 Å². The lowest BCUT2D eigenvalue weighted by atomic mass is 9.85. The van der Waals surface area contributed by atoms with Crippen LogP contribution in [0.4, 0.5) is 0 Å². The molecule has 1 amide bonds. The van der Waals surface area contributed by atoms with Gasteiger partial charge in [0.1, 0.15) is 5.75 Å². The molecule has 0 saturated carbocycles. The van der Waals surface area contributed by atoms with Crippen LogP contribution < -0.4 is 4.74 Å². The molecule has 6 nitrogen and oxygen atoms in total. The van der Waals surface area contributed by atoms with Crippen molar-refractivity contribution >= 4 is 17.4 Å². The number of carbonyl (C=O) groups excluding carboxylic acids is 2. The van der Waals surface area contributed by atoms with Gasteiger partial charge >= 0.3 is 0 Å². The van der Waals surface area contributed by atoms with E-state index in [1.165, 1.54) is 0 Å². The van der Waals surface area contributed by atoms with Gasteiger partial charge in [0.15, 0.2) is 5.78 Å². The molecule has 0 bridgehead atoms. The van der Waals surface area contributed by atoms with E-state index in [1.54, 1.807) is 36.3 Å². The number of aliphatic hydroxyl groups is 1. The van der Waals surface area contributed by atoms with Crippen LogP contribution in [0.5, 0.6) is 5.75 Å². The molecular weight excluding hydrogens is 404 g/mol. The number of nitrogens with zero attached hydrogens (tertiary/aromatic N) is 2. The van der Waals surface area contributed by atoms with Gasteiger partial charge in [-0.1, -0.05) is 18.2 Å². The Morgan fingerprint density at radius 3 is 2.72 bits per heavy atom. The Morgan fingerprint density at radius 2 is 1.97 bits per heavy atom. The number of fused-ring (bicyclic) bond motifs is 1. The molecule has 0 spiro atoms. The lowest BCUT2D eigenvalue weighted by Crippen LogP contribution is -2.37. The summed E-state index contributed by atoms with van der Waals surface area (Å²) >= 11 is 0. The number of benzene rings is 2. The minimum atomic E-state index is -0.288. The SMILES string of the molecule is COc1ccc2c(c1)C(CC(=O)c1cccc(C(=O)N3CCC[C@@H]3CO)c1)=NC(C)(C)C2. The van der Waals surface area contributed by atoms with Crippen molar-refractivity contribution in [3.8, 4) is 5.75 Å². The summed E-state index contributed by atoms with van der Waals surface area (Å²) in [4.78, 5) is 32.8. The normalized spacial score (nSPS) is 19.3. The van der Waals surface area contributed by atoms with Gasteiger partial charge in [-0.25, -0.2) is 0 Å². The number of Topliss-reactive ketones (excluding diaryl/α,β-unsaturated/α-hetero) is 1. The molecule has 2 aliphatic heterocycles. The second-order valence-corrected chi connectivity index (χ2v) is 9.23. The highest BCUT2D eigenvalue weighted by Gasteiger charge is 2.30. The molecule has 32 heavy (non-hydrogen) atoms. The van der Waals surface area contributed by atoms with Crippen LogP contribution >= 0.6 is 0 Å². The van der Waals surface area contributed by atoms with Crippen molar-refractivity contribution < 1.29 is 19.4 Å². The lowest BCUT2D eigenvalue weighted by Gasteiger charge is -2.29. The molecule has 2 heterocycles. The van der Waals surface area contributed by atoms with E-state index >= 15 is 0 Å². The van der Waals surface area contributed by atoms with Gasteiger partial charge in [0.2, 0.25) is 0 Å². The molecule has 1 atom stereocenters. The van der Waals surface area contributed by atoms with Gasteiger partial charge in [-0.3, -0.25) is 14.6 Å². The van der Waals surface area contributed by atoms with Gasteiger partial charge in [-0.05, 0) is 62.9 Å². The molecule has 2 aromatic rings. The predicted molar refractivity (Wildman–Crippen MR) is 124 cm³/mol. The predicted octanol–water partition coefficient (Wildman–Crippen LogP) is 3.69. The molecule has 6 heteroatoms. The third-order valence-corrected chi connectivity index (χ3v) is 6.30. The minimum absolute atomic E-state index is 0.0388. The fourth-order valence-corrected chi connectivity index (χ4v) is 4.71. The molecule has 0 aromatic heterocycles. The Bertz CT molecular complexity index is 1070. The van der Waals surface area contributed by atoms with E-state index in [9.17, 15) is 14.7 Å². The maximum absolute atomic E-state index is 13.2. The number of aliphatic imine (C=N–C) groups is 1. The van der Waals surface area contributed by atoms with Gasteiger partial charge in [-0.2, -0.15) is 0 Å². The van der Waals surface area contributed by atoms with Crippen molar-refractivity contribution in [2.24, 2.45) is 4.99 Å². The fraction of sp³-hybridized carbons (Fsp3) is 0.423. The van der Waals surface area contributed by atoms with Gasteiger partial charge in [-0.15, -0.1) is 0 Å². The first kappa shape index (κ1) is 22.2. The first-order chi connectivity index (χ1) is 15.3. The summed E-state index contributed by atoms with van der Waals surface area (Å²) in [7, 11) is 1.63. The van der Waals surface area contributed by atoms with E-state index in [0.717, 1.165) is 41.9 Å². The zero-order valence-electron chi connectivity index (χ0n) is 18.9. The van der Waals surface area contributed by atoms with Crippen LogP contribution in [0.15, 0.2) is 47.5 Å². The Hall–Kier alpha value is -2.99. The molecule has 0 radical (unpaired) electrons. The number of hydrogen-bond acceptors (Lipinski definition) is 5. The highest BCUT2D eigenvalue weighted by atomic mass is 16.5. The van der Waals surface area contributed by atoms with Crippen LogP contribution in [0.3, 0.4) is 0 Å². The number of likely N-dealkylation sites (tertiary alicyclic amines) is 1. The van der Waals surface area contributed by atoms with E-state index in [4.69, 9.17) is 9.73 Å². The number of methoxy groups -OCH3 is 1. The lowest BCUT2D eigenvalue weighted by molar-refractivity contribution is 0.0677. The number of hydrogen-bond donors (Lipinski definition) is 1. The second-order valence-electron chi connectivity index (χ2n) is 9.23. The smallest absolute Gasteiger partial charge is 0.254 e. The molecule has 2 aliphatic rings. The molecule has 168 valence electrons. The largest absolute Gasteiger partial charge is 0.497 e. The van der Waals surface area contributed by atoms with Crippen molar-refractivity contribution in [2.45, 2.75) is 51.1 Å². The van der Waals surface area contributed by atoms with Crippen LogP contribution in [0.25, 0.3) is 0 Å². The third-order valence-electron chi connectivity index (χ3n) is 6.30. The molecular formula is C26H30N2O4. The third kappa shape index (κ3) is 4.46. The topological polar surface area (TPSA) is 79.2 Å². The molecule has 2 aromatic carbocycles. The zero-order valence-corrected chi connectivity index (χ0v) is 18.9. The van der Waals surface area contributed by atoms with Gasteiger partial charge in [0.05, 0.1) is 37.4 Å². The van der Waals surface area contributed by atoms with E-state index < -0.39 is 0 Å². The molecule has 4 rings (SSSR count). The van der Waals surface area contributed by atoms with Crippen molar-refractivity contribution in [3.63, 3.8) is 0 Å². The monoisotopic (exact) mass is 434 g/mol. The van der Waals surface area contributed by atoms with Crippen LogP contribution in [0.2, 0.25) is 0 Å². The van der Waals surface area contributed by atoms with Crippen LogP contribution in [-0.2, 0) is 6.42 Å². The first-order valence-corrected chi connectivity index (χ1v) is 11.1. The maximum atomic E-state index is 13.2. The summed E-state index contributed by atoms with van der Waals surface area (Å²) in [5.41, 5.74) is 3.53. The Balaban J connectivity index is 1.59. The van der Waals surface area contributed by atoms with E-state index in [0.29, 0.717) is 17.7 Å². The van der Waals surface area contributed by atoms with Crippen molar-refractivity contribution in [2.75, 3.05) is 20.3 Å². The average molecular weight is 435 g/mol. The van der Waals surface area contributed by atoms with Crippen LogP contribution in [-0.4, -0.2) is 59.3 Å². The van der Waals surface area contributed by atoms with Gasteiger partial charge < -0.3 is 14.7 Å². The molecule has 1 N–H and O–H groups in total. The highest BCUT2D eigenvalue weighted by molar-refractivity contribution is 6.17. The Morgan fingerprint density at radius 1 is 1.19 bits per heavy atom. The Labute approximate surface area is 188 Å². The van der Waals surface area contributed by atoms with Gasteiger partial charge in [0, 0.05) is 23.2 Å². The highest BCUT2D eigenvalue weighted by Crippen LogP contribution is 2.31. The molecule has 0 aliphatic carbocycles. The number of amides is 1. The standard InChI is InChI=1S/C26H30N2O4/c1-26(2)15-19-9-10-21(32-3)13-22(19)23(27-26)14-24(30)17-6-4-7-18(12-17)25(31)28-11-5-8-20(28)16-29/h4,6-7,9-10,12-13,20,29H,5,8,11,14-16H2,1-3H3/t20-/m1/s1. The summed E-state index contributed by atoms with van der Waals surface area (Å²) in [5, 5.41) is 9.55. The Kier molecular flexibility index (Phi) is 6.15. The van der Waals surface area contributed by atoms with E-state index in [-0.39, 0.29) is 36.3 Å². The van der Waals surface area contributed by atoms with Gasteiger partial charge in [0.25, 0.3) is 5.91 Å². The average Bonchev–Trinajstić information content (AvgIpc) is 3.26. The number of ketones is 1. The zero-order chi connectivity index (χ0) is 22.9. The van der Waals surface area contributed by atoms with Crippen molar-refractivity contribution in [1.29, 1.82) is 0 Å². The number of carbonyl (C=O) groups is 2. The fourth-order valence-electron chi connectivity index (χ4n) is 4.71. The van der Waals surface area contributed by atoms with Crippen molar-refractivity contribution in [3.05, 3.63) is 64.7 Å². The summed E-state index contributed by atoms with van der Waals surface area (Å²) in [5.74, 6) is 0.521. The molecule has 1 fully saturated rings. The summed E-state index contributed by atoms with van der Waals surface area (Å²) in [6, 6.07) is 12.7. The summed E-state index contributed by atoms with van der Waals surface area (Å²) in [6.45, 7) is 4.73. The minimum Gasteiger partial charge on any atom is -0.497 e. The second kappa shape index (κ2) is 8.87. The summed E-state index contributed by atoms with van der Waals surface area (Å²) < 4.78 is 5.38. The summed E-state index contributed by atoms with van der Waals surface area (Å²) in [6.07, 6.45) is 2.65. The van der Waals surface area contributed by atoms with E-state index in [2.05, 4.69) is 13.8 Å². The quantitative estimate of drug-likeness (QED) is 0.704. The van der Waals surface area contributed by atoms with E-state index in [1.807, 2.05) is 18.2 Å². The first-order valence-electron chi connectivity index (χ1n) is 11.1. The number of aliphatic hydroxyl groups excluding tert-OH is 1. The number of ether oxygens (including phenoxy) is 1. The number of rotatable bonds is 6. The maximum Gasteiger partial charge on any atom is 0.254 e. The van der Waals surface area contributed by atoms with Crippen LogP contribution in [0, 0.1) is 0 Å². The molecule has 1 saturated heterocycles. The van der Waals surface area contributed by atoms with Crippen LogP contribution in [0.1, 0.15) is 65.0 Å². The molecule has 0 unspecified atom stereocenters.